The smallest absolute Gasteiger partial charge is 0.0580 e. The van der Waals surface area contributed by atoms with Crippen molar-refractivity contribution in [2.45, 2.75) is 44.9 Å². The van der Waals surface area contributed by atoms with E-state index in [4.69, 9.17) is 0 Å². The van der Waals surface area contributed by atoms with Crippen LogP contribution in [0.1, 0.15) is 25.6 Å². The van der Waals surface area contributed by atoms with Crippen LogP contribution in [0, 0.1) is 0 Å². The Kier molecular flexibility index (Phi) is 3.03. The first kappa shape index (κ1) is 11.0. The van der Waals surface area contributed by atoms with Crippen molar-refractivity contribution in [3.05, 3.63) is 22.4 Å². The summed E-state index contributed by atoms with van der Waals surface area (Å²) < 4.78 is 0. The summed E-state index contributed by atoms with van der Waals surface area (Å²) in [6.07, 6.45) is 0. The van der Waals surface area contributed by atoms with E-state index < -0.39 is 8.07 Å². The fourth-order valence-electron chi connectivity index (χ4n) is 1.11. The largest absolute Gasteiger partial charge is 0.149 e. The van der Waals surface area contributed by atoms with Gasteiger partial charge in [-0.2, -0.15) is 0 Å². The second kappa shape index (κ2) is 3.58. The number of hydrogen-bond donors (Lipinski definition) is 0. The lowest BCUT2D eigenvalue weighted by Crippen LogP contribution is -2.39. The van der Waals surface area contributed by atoms with Crippen LogP contribution in [-0.4, -0.2) is 8.07 Å². The Morgan fingerprint density at radius 1 is 1.31 bits per heavy atom. The molecule has 1 heterocycles. The molecule has 0 unspecified atom stereocenters. The van der Waals surface area contributed by atoms with Crippen molar-refractivity contribution >= 4 is 19.4 Å². The number of rotatable bonds is 2. The summed E-state index contributed by atoms with van der Waals surface area (Å²) in [6, 6.07) is 5.76. The molecule has 0 aromatic carbocycles. The Bertz CT molecular complexity index is 254. The standard InChI is InChI=1S/C11H20SSi/c1-11(2,3)13(4,5)9-10-7-6-8-12-10/h6-8H,9H2,1-5H3. The highest BCUT2D eigenvalue weighted by atomic mass is 32.1. The van der Waals surface area contributed by atoms with Crippen LogP contribution in [0.15, 0.2) is 17.5 Å². The molecule has 0 atom stereocenters. The fraction of sp³-hybridized carbons (Fsp3) is 0.636. The molecular formula is C11H20SSi. The minimum atomic E-state index is -1.10. The van der Waals surface area contributed by atoms with Crippen LogP contribution in [0.25, 0.3) is 0 Å². The highest BCUT2D eigenvalue weighted by Crippen LogP contribution is 2.38. The van der Waals surface area contributed by atoms with Crippen LogP contribution in [-0.2, 0) is 6.04 Å². The van der Waals surface area contributed by atoms with E-state index in [1.54, 1.807) is 4.88 Å². The summed E-state index contributed by atoms with van der Waals surface area (Å²) in [7, 11) is -1.10. The first-order valence-electron chi connectivity index (χ1n) is 4.85. The summed E-state index contributed by atoms with van der Waals surface area (Å²) in [5.74, 6) is 0. The fourth-order valence-corrected chi connectivity index (χ4v) is 4.54. The van der Waals surface area contributed by atoms with Gasteiger partial charge in [0.05, 0.1) is 8.07 Å². The lowest BCUT2D eigenvalue weighted by atomic mass is 10.2. The maximum Gasteiger partial charge on any atom is 0.0580 e. The van der Waals surface area contributed by atoms with E-state index in [1.165, 1.54) is 6.04 Å². The van der Waals surface area contributed by atoms with Gasteiger partial charge in [0.1, 0.15) is 0 Å². The molecule has 1 aromatic rings. The van der Waals surface area contributed by atoms with Crippen LogP contribution in [0.3, 0.4) is 0 Å². The van der Waals surface area contributed by atoms with Gasteiger partial charge >= 0.3 is 0 Å². The molecule has 0 amide bonds. The van der Waals surface area contributed by atoms with Crippen molar-refractivity contribution in [2.75, 3.05) is 0 Å². The molecule has 0 aliphatic heterocycles. The molecule has 74 valence electrons. The highest BCUT2D eigenvalue weighted by Gasteiger charge is 2.34. The minimum Gasteiger partial charge on any atom is -0.149 e. The Morgan fingerprint density at radius 2 is 1.92 bits per heavy atom. The molecule has 0 radical (unpaired) electrons. The Labute approximate surface area is 87.0 Å². The van der Waals surface area contributed by atoms with Crippen LogP contribution in [0.2, 0.25) is 18.1 Å². The quantitative estimate of drug-likeness (QED) is 0.640. The molecule has 2 heteroatoms. The Hall–Kier alpha value is -0.0831. The van der Waals surface area contributed by atoms with Gasteiger partial charge in [-0.3, -0.25) is 0 Å². The van der Waals surface area contributed by atoms with E-state index in [2.05, 4.69) is 51.4 Å². The maximum atomic E-state index is 2.49. The van der Waals surface area contributed by atoms with E-state index in [0.717, 1.165) is 0 Å². The SMILES string of the molecule is CC(C)(C)[Si](C)(C)Cc1cccs1. The van der Waals surface area contributed by atoms with Crippen molar-refractivity contribution in [1.82, 2.24) is 0 Å². The van der Waals surface area contributed by atoms with E-state index in [9.17, 15) is 0 Å². The summed E-state index contributed by atoms with van der Waals surface area (Å²) in [6.45, 7) is 12.1. The molecule has 0 saturated carbocycles. The summed E-state index contributed by atoms with van der Waals surface area (Å²) in [5, 5.41) is 2.69. The van der Waals surface area contributed by atoms with Gasteiger partial charge in [-0.25, -0.2) is 0 Å². The van der Waals surface area contributed by atoms with E-state index in [0.29, 0.717) is 5.04 Å². The third kappa shape index (κ3) is 2.68. The predicted molar refractivity (Wildman–Crippen MR) is 65.2 cm³/mol. The van der Waals surface area contributed by atoms with Crippen LogP contribution < -0.4 is 0 Å². The third-order valence-corrected chi connectivity index (χ3v) is 9.68. The molecule has 0 aliphatic carbocycles. The first-order chi connectivity index (χ1) is 5.83. The van der Waals surface area contributed by atoms with Crippen LogP contribution in [0.4, 0.5) is 0 Å². The first-order valence-corrected chi connectivity index (χ1v) is 8.94. The van der Waals surface area contributed by atoms with Crippen molar-refractivity contribution in [2.24, 2.45) is 0 Å². The zero-order chi connectivity index (χ0) is 10.1. The van der Waals surface area contributed by atoms with E-state index in [-0.39, 0.29) is 0 Å². The van der Waals surface area contributed by atoms with Gasteiger partial charge in [-0.15, -0.1) is 11.3 Å². The summed E-state index contributed by atoms with van der Waals surface area (Å²) >= 11 is 1.90. The summed E-state index contributed by atoms with van der Waals surface area (Å²) in [5.41, 5.74) is 0. The van der Waals surface area contributed by atoms with Gasteiger partial charge in [-0.1, -0.05) is 39.9 Å². The van der Waals surface area contributed by atoms with E-state index >= 15 is 0 Å². The molecule has 0 aliphatic rings. The molecular weight excluding hydrogens is 192 g/mol. The van der Waals surface area contributed by atoms with Gasteiger partial charge in [0.15, 0.2) is 0 Å². The van der Waals surface area contributed by atoms with Crippen molar-refractivity contribution in [3.8, 4) is 0 Å². The van der Waals surface area contributed by atoms with Gasteiger partial charge in [0, 0.05) is 4.88 Å². The minimum absolute atomic E-state index is 0.511. The molecule has 13 heavy (non-hydrogen) atoms. The van der Waals surface area contributed by atoms with Crippen molar-refractivity contribution < 1.29 is 0 Å². The van der Waals surface area contributed by atoms with Gasteiger partial charge in [0.2, 0.25) is 0 Å². The number of thiophene rings is 1. The Balaban J connectivity index is 2.73. The van der Waals surface area contributed by atoms with Crippen molar-refractivity contribution in [3.63, 3.8) is 0 Å². The average Bonchev–Trinajstić information content (AvgIpc) is 2.35. The molecule has 0 N–H and O–H groups in total. The maximum absolute atomic E-state index is 2.49. The molecule has 0 nitrogen and oxygen atoms in total. The molecule has 0 saturated heterocycles. The summed E-state index contributed by atoms with van der Waals surface area (Å²) in [4.78, 5) is 1.56. The zero-order valence-electron chi connectivity index (χ0n) is 9.35. The third-order valence-electron chi connectivity index (χ3n) is 3.23. The molecule has 0 fully saturated rings. The zero-order valence-corrected chi connectivity index (χ0v) is 11.2. The van der Waals surface area contributed by atoms with Gasteiger partial charge in [0.25, 0.3) is 0 Å². The second-order valence-corrected chi connectivity index (χ2v) is 12.0. The van der Waals surface area contributed by atoms with Crippen LogP contribution in [0.5, 0.6) is 0 Å². The molecule has 0 spiro atoms. The van der Waals surface area contributed by atoms with Crippen LogP contribution >= 0.6 is 11.3 Å². The topological polar surface area (TPSA) is 0 Å². The molecule has 0 bridgehead atoms. The normalized spacial score (nSPS) is 13.3. The van der Waals surface area contributed by atoms with E-state index in [1.807, 2.05) is 11.3 Å². The predicted octanol–water partition coefficient (Wildman–Crippen LogP) is 4.34. The second-order valence-electron chi connectivity index (χ2n) is 5.39. The molecule has 1 aromatic heterocycles. The lowest BCUT2D eigenvalue weighted by Gasteiger charge is -2.36. The van der Waals surface area contributed by atoms with Crippen molar-refractivity contribution in [1.29, 1.82) is 0 Å². The van der Waals surface area contributed by atoms with Gasteiger partial charge < -0.3 is 0 Å². The Morgan fingerprint density at radius 3 is 2.31 bits per heavy atom. The molecule has 1 rings (SSSR count). The van der Waals surface area contributed by atoms with Gasteiger partial charge in [-0.05, 0) is 22.5 Å². The highest BCUT2D eigenvalue weighted by molar-refractivity contribution is 7.10. The monoisotopic (exact) mass is 212 g/mol. The lowest BCUT2D eigenvalue weighted by molar-refractivity contribution is 0.714. The average molecular weight is 212 g/mol. The number of hydrogen-bond acceptors (Lipinski definition) is 1.